The predicted octanol–water partition coefficient (Wildman–Crippen LogP) is 4.50. The van der Waals surface area contributed by atoms with E-state index in [1.807, 2.05) is 0 Å². The fraction of sp³-hybridized carbons (Fsp3) is 0.652. The van der Waals surface area contributed by atoms with Crippen LogP contribution in [0.4, 0.5) is 0 Å². The molecule has 0 saturated heterocycles. The summed E-state index contributed by atoms with van der Waals surface area (Å²) < 4.78 is 51.0. The van der Waals surface area contributed by atoms with E-state index >= 15 is 0 Å². The molecule has 0 N–H and O–H groups in total. The maximum atomic E-state index is 7.50. The fourth-order valence-corrected chi connectivity index (χ4v) is 5.43. The topological polar surface area (TPSA) is 118 Å². The van der Waals surface area contributed by atoms with Crippen molar-refractivity contribution in [2.24, 2.45) is 17.8 Å². The van der Waals surface area contributed by atoms with Crippen LogP contribution in [0.3, 0.4) is 0 Å². The van der Waals surface area contributed by atoms with Gasteiger partial charge in [0.15, 0.2) is 0 Å². The molecule has 176 valence electrons. The number of methoxy groups -OCH3 is 1. The van der Waals surface area contributed by atoms with Crippen molar-refractivity contribution in [2.45, 2.75) is 70.7 Å². The molecule has 9 heteroatoms. The molecule has 0 aromatic heterocycles. The van der Waals surface area contributed by atoms with Crippen molar-refractivity contribution in [1.82, 2.24) is 0 Å². The molecule has 0 aromatic carbocycles. The van der Waals surface area contributed by atoms with Crippen LogP contribution in [0.2, 0.25) is 18.1 Å². The molecule has 2 aliphatic rings. The summed E-state index contributed by atoms with van der Waals surface area (Å²) in [5.74, 6) is 1.69. The molecule has 32 heavy (non-hydrogen) atoms. The number of ether oxygens (including phenoxy) is 1. The van der Waals surface area contributed by atoms with Gasteiger partial charge in [-0.2, -0.15) is 0 Å². The SMILES string of the molecule is CO[C](=[Cr])C1CC=C[C@H]2CCC[C@H](O[Si](C)(C)C(C)(C)C)[C@H]12.[C-]#[O+].[C-]#[O+].[C-]#[O+].[C-]#[O+].[C-]#[O+]. The summed E-state index contributed by atoms with van der Waals surface area (Å²) in [6.45, 7) is 34.3. The summed E-state index contributed by atoms with van der Waals surface area (Å²) in [5, 5.41) is 0.270. The van der Waals surface area contributed by atoms with Crippen LogP contribution >= 0.6 is 0 Å². The first-order valence-electron chi connectivity index (χ1n) is 9.62. The van der Waals surface area contributed by atoms with Crippen molar-refractivity contribution in [1.29, 1.82) is 0 Å². The van der Waals surface area contributed by atoms with Gasteiger partial charge in [0.2, 0.25) is 0 Å². The molecule has 0 aromatic rings. The van der Waals surface area contributed by atoms with E-state index in [1.54, 1.807) is 7.11 Å². The molecular formula is C23H32CrO7Si. The van der Waals surface area contributed by atoms with Gasteiger partial charge in [-0.15, -0.1) is 0 Å². The zero-order chi connectivity index (χ0) is 26.5. The van der Waals surface area contributed by atoms with Gasteiger partial charge in [-0.05, 0) is 0 Å². The Labute approximate surface area is 202 Å². The predicted molar refractivity (Wildman–Crippen MR) is 112 cm³/mol. The summed E-state index contributed by atoms with van der Waals surface area (Å²) in [6, 6.07) is 0. The summed E-state index contributed by atoms with van der Waals surface area (Å²) in [4.78, 5) is 0. The summed E-state index contributed by atoms with van der Waals surface area (Å²) >= 11 is 3.16. The molecule has 1 fully saturated rings. The minimum atomic E-state index is -1.73. The zero-order valence-electron chi connectivity index (χ0n) is 19.6. The molecule has 1 saturated carbocycles. The Morgan fingerprint density at radius 2 is 1.41 bits per heavy atom. The van der Waals surface area contributed by atoms with Crippen LogP contribution in [0.5, 0.6) is 0 Å². The van der Waals surface area contributed by atoms with E-state index in [1.165, 1.54) is 19.3 Å². The van der Waals surface area contributed by atoms with Crippen LogP contribution in [0.15, 0.2) is 12.2 Å². The van der Waals surface area contributed by atoms with Gasteiger partial charge in [0.25, 0.3) is 0 Å². The quantitative estimate of drug-likeness (QED) is 0.244. The Bertz CT molecular complexity index is 607. The van der Waals surface area contributed by atoms with Gasteiger partial charge in [0.1, 0.15) is 0 Å². The first-order valence-corrected chi connectivity index (χ1v) is 13.2. The van der Waals surface area contributed by atoms with E-state index in [9.17, 15) is 0 Å². The third kappa shape index (κ3) is 12.3. The van der Waals surface area contributed by atoms with Crippen molar-refractivity contribution >= 4 is 12.9 Å². The third-order valence-electron chi connectivity index (χ3n) is 5.94. The van der Waals surface area contributed by atoms with E-state index in [-0.39, 0.29) is 5.04 Å². The Morgan fingerprint density at radius 3 is 1.81 bits per heavy atom. The second-order valence-corrected chi connectivity index (χ2v) is 13.8. The number of fused-ring (bicyclic) bond motifs is 1. The Kier molecular flexibility index (Phi) is 26.1. The number of allylic oxidation sites excluding steroid dienone is 2. The average Bonchev–Trinajstić information content (AvgIpc) is 2.84. The number of hydrogen-bond acceptors (Lipinski definition) is 2. The molecule has 0 bridgehead atoms. The molecule has 4 atom stereocenters. The molecule has 0 radical (unpaired) electrons. The first kappa shape index (κ1) is 38.3. The van der Waals surface area contributed by atoms with Crippen LogP contribution in [-0.4, -0.2) is 26.1 Å². The van der Waals surface area contributed by atoms with Gasteiger partial charge in [0, 0.05) is 0 Å². The first-order chi connectivity index (χ1) is 15.2. The van der Waals surface area contributed by atoms with Crippen LogP contribution in [-0.2, 0) is 48.3 Å². The Balaban J connectivity index is -0.000000345. The van der Waals surface area contributed by atoms with Crippen LogP contribution in [0.1, 0.15) is 46.5 Å². The Morgan fingerprint density at radius 1 is 0.938 bits per heavy atom. The molecule has 0 heterocycles. The molecule has 2 rings (SSSR count). The molecule has 0 amide bonds. The monoisotopic (exact) mass is 500 g/mol. The molecule has 0 spiro atoms. The Hall–Kier alpha value is -1.02. The average molecular weight is 501 g/mol. The van der Waals surface area contributed by atoms with Gasteiger partial charge < -0.3 is 0 Å². The summed E-state index contributed by atoms with van der Waals surface area (Å²) in [5.41, 5.74) is 0. The van der Waals surface area contributed by atoms with Gasteiger partial charge in [-0.1, -0.05) is 0 Å². The van der Waals surface area contributed by atoms with E-state index in [0.29, 0.717) is 23.9 Å². The third-order valence-corrected chi connectivity index (χ3v) is 11.2. The molecule has 2 aliphatic carbocycles. The van der Waals surface area contributed by atoms with E-state index in [0.717, 1.165) is 11.0 Å². The molecule has 7 nitrogen and oxygen atoms in total. The molecular weight excluding hydrogens is 468 g/mol. The van der Waals surface area contributed by atoms with Crippen molar-refractivity contribution in [3.63, 3.8) is 0 Å². The van der Waals surface area contributed by atoms with Crippen molar-refractivity contribution in [2.75, 3.05) is 7.11 Å². The standard InChI is InChI=1S/C18H32O2Si.5CO.Cr/c1-18(2,3)21(5,6)20-16-12-8-10-14-9-7-11-15(13-19-4)17(14)16;5*1-2;/h7,9,14-17H,8,10-12H2,1-6H3;;;;;;/t14-,15?,16-,17-;;;;;;/m0....../s1. The zero-order valence-corrected chi connectivity index (χ0v) is 21.8. The van der Waals surface area contributed by atoms with Gasteiger partial charge in [-0.25, -0.2) is 0 Å². The normalized spacial score (nSPS) is 22.8. The minimum absolute atomic E-state index is 0.270. The van der Waals surface area contributed by atoms with Crippen molar-refractivity contribution < 1.29 is 48.3 Å². The molecule has 1 unspecified atom stereocenters. The van der Waals surface area contributed by atoms with E-state index in [4.69, 9.17) is 32.4 Å². The van der Waals surface area contributed by atoms with Crippen LogP contribution < -0.4 is 0 Å². The fourth-order valence-electron chi connectivity index (χ4n) is 3.65. The van der Waals surface area contributed by atoms with Crippen molar-refractivity contribution in [3.8, 4) is 0 Å². The van der Waals surface area contributed by atoms with E-state index in [2.05, 4.69) is 95.1 Å². The van der Waals surface area contributed by atoms with Gasteiger partial charge in [0.05, 0.1) is 0 Å². The maximum absolute atomic E-state index is 7.50. The van der Waals surface area contributed by atoms with Gasteiger partial charge in [-0.3, -0.25) is 0 Å². The second kappa shape index (κ2) is 21.8. The van der Waals surface area contributed by atoms with Crippen molar-refractivity contribution in [3.05, 3.63) is 45.4 Å². The molecule has 0 aliphatic heterocycles. The number of rotatable bonds is 4. The van der Waals surface area contributed by atoms with Gasteiger partial charge >= 0.3 is 202 Å². The van der Waals surface area contributed by atoms with Crippen LogP contribution in [0.25, 0.3) is 0 Å². The summed E-state index contributed by atoms with van der Waals surface area (Å²) in [7, 11) is 0.0559. The number of hydrogen-bond donors (Lipinski definition) is 0. The summed E-state index contributed by atoms with van der Waals surface area (Å²) in [6.07, 6.45) is 10.0. The van der Waals surface area contributed by atoms with Crippen LogP contribution in [0, 0.1) is 51.0 Å². The second-order valence-electron chi connectivity index (χ2n) is 8.38. The van der Waals surface area contributed by atoms with E-state index < -0.39 is 8.32 Å².